The van der Waals surface area contributed by atoms with Gasteiger partial charge in [-0.3, -0.25) is 4.79 Å². The first-order valence-electron chi connectivity index (χ1n) is 6.92. The van der Waals surface area contributed by atoms with Crippen LogP contribution in [0.5, 0.6) is 5.75 Å². The summed E-state index contributed by atoms with van der Waals surface area (Å²) in [4.78, 5) is 11.9. The average Bonchev–Trinajstić information content (AvgIpc) is 2.45. The summed E-state index contributed by atoms with van der Waals surface area (Å²) >= 11 is 5.85. The second kappa shape index (κ2) is 8.82. The molecule has 0 saturated carbocycles. The van der Waals surface area contributed by atoms with Crippen LogP contribution in [0.1, 0.15) is 38.7 Å². The molecule has 0 spiro atoms. The monoisotopic (exact) mass is 299 g/mol. The number of aliphatic hydroxyl groups is 1. The molecule has 0 aliphatic carbocycles. The van der Waals surface area contributed by atoms with Crippen LogP contribution in [-0.2, 0) is 11.4 Å². The Bertz CT molecular complexity index is 437. The Labute approximate surface area is 125 Å². The highest BCUT2D eigenvalue weighted by molar-refractivity contribution is 6.30. The first-order chi connectivity index (χ1) is 9.58. The van der Waals surface area contributed by atoms with E-state index >= 15 is 0 Å². The van der Waals surface area contributed by atoms with Crippen molar-refractivity contribution >= 4 is 17.5 Å². The molecule has 1 aromatic carbocycles. The third-order valence-electron chi connectivity index (χ3n) is 2.95. The smallest absolute Gasteiger partial charge is 0.260 e. The summed E-state index contributed by atoms with van der Waals surface area (Å²) in [6.07, 6.45) is 2.58. The van der Waals surface area contributed by atoms with Crippen LogP contribution in [0.3, 0.4) is 0 Å². The predicted molar refractivity (Wildman–Crippen MR) is 80.0 cm³/mol. The Balaban J connectivity index is 2.52. The van der Waals surface area contributed by atoms with Crippen molar-refractivity contribution in [1.29, 1.82) is 0 Å². The number of halogens is 1. The van der Waals surface area contributed by atoms with Crippen LogP contribution < -0.4 is 10.1 Å². The molecule has 1 unspecified atom stereocenters. The van der Waals surface area contributed by atoms with Crippen LogP contribution >= 0.6 is 11.6 Å². The summed E-state index contributed by atoms with van der Waals surface area (Å²) in [6, 6.07) is 4.96. The fourth-order valence-corrected chi connectivity index (χ4v) is 1.96. The molecule has 5 heteroatoms. The van der Waals surface area contributed by atoms with Crippen molar-refractivity contribution < 1.29 is 14.6 Å². The number of rotatable bonds is 8. The molecule has 1 rings (SSSR count). The molecule has 0 radical (unpaired) electrons. The van der Waals surface area contributed by atoms with Crippen molar-refractivity contribution in [3.05, 3.63) is 28.8 Å². The largest absolute Gasteiger partial charge is 0.481 e. The quantitative estimate of drug-likeness (QED) is 0.726. The number of unbranched alkanes of at least 4 members (excludes halogenated alkanes) is 2. The summed E-state index contributed by atoms with van der Waals surface area (Å²) < 4.78 is 5.58. The third-order valence-corrected chi connectivity index (χ3v) is 3.18. The molecule has 0 saturated heterocycles. The molecule has 0 aliphatic heterocycles. The van der Waals surface area contributed by atoms with Crippen LogP contribution in [0.25, 0.3) is 0 Å². The Morgan fingerprint density at radius 1 is 1.45 bits per heavy atom. The van der Waals surface area contributed by atoms with Gasteiger partial charge in [-0.15, -0.1) is 0 Å². The maximum Gasteiger partial charge on any atom is 0.260 e. The Hall–Kier alpha value is -1.26. The second-order valence-corrected chi connectivity index (χ2v) is 5.10. The third kappa shape index (κ3) is 5.39. The minimum Gasteiger partial charge on any atom is -0.481 e. The predicted octanol–water partition coefficient (Wildman–Crippen LogP) is 2.91. The highest BCUT2D eigenvalue weighted by atomic mass is 35.5. The van der Waals surface area contributed by atoms with Crippen molar-refractivity contribution in [1.82, 2.24) is 5.32 Å². The molecular weight excluding hydrogens is 278 g/mol. The van der Waals surface area contributed by atoms with Crippen LogP contribution in [0.4, 0.5) is 0 Å². The normalized spacial score (nSPS) is 12.0. The highest BCUT2D eigenvalue weighted by Gasteiger charge is 2.15. The van der Waals surface area contributed by atoms with Gasteiger partial charge in [0.1, 0.15) is 5.75 Å². The minimum atomic E-state index is -0.608. The van der Waals surface area contributed by atoms with Gasteiger partial charge in [0.05, 0.1) is 6.61 Å². The standard InChI is InChI=1S/C15H22ClNO3/c1-3-4-5-8-17-15(19)11(2)20-14-7-6-13(16)9-12(14)10-18/h6-7,9,11,18H,3-5,8,10H2,1-2H3,(H,17,19). The molecular formula is C15H22ClNO3. The van der Waals surface area contributed by atoms with Crippen molar-refractivity contribution in [3.8, 4) is 5.75 Å². The summed E-state index contributed by atoms with van der Waals surface area (Å²) in [5, 5.41) is 12.6. The Kier molecular flexibility index (Phi) is 7.41. The Morgan fingerprint density at radius 2 is 2.20 bits per heavy atom. The molecule has 0 heterocycles. The van der Waals surface area contributed by atoms with Gasteiger partial charge in [0, 0.05) is 17.1 Å². The minimum absolute atomic E-state index is 0.153. The van der Waals surface area contributed by atoms with E-state index in [1.165, 1.54) is 0 Å². The van der Waals surface area contributed by atoms with Gasteiger partial charge in [0.15, 0.2) is 6.10 Å². The number of ether oxygens (including phenoxy) is 1. The van der Waals surface area contributed by atoms with Gasteiger partial charge in [0.2, 0.25) is 0 Å². The molecule has 20 heavy (non-hydrogen) atoms. The number of hydrogen-bond acceptors (Lipinski definition) is 3. The van der Waals surface area contributed by atoms with E-state index in [1.807, 2.05) is 0 Å². The zero-order chi connectivity index (χ0) is 15.0. The lowest BCUT2D eigenvalue weighted by molar-refractivity contribution is -0.127. The number of amides is 1. The molecule has 1 atom stereocenters. The van der Waals surface area contributed by atoms with Gasteiger partial charge in [-0.2, -0.15) is 0 Å². The maximum absolute atomic E-state index is 11.9. The highest BCUT2D eigenvalue weighted by Crippen LogP contribution is 2.23. The van der Waals surface area contributed by atoms with E-state index in [0.29, 0.717) is 22.9 Å². The molecule has 0 aliphatic rings. The molecule has 0 fully saturated rings. The summed E-state index contributed by atoms with van der Waals surface area (Å²) in [5.41, 5.74) is 0.572. The van der Waals surface area contributed by atoms with Crippen LogP contribution in [0, 0.1) is 0 Å². The molecule has 0 aromatic heterocycles. The van der Waals surface area contributed by atoms with Gasteiger partial charge in [-0.25, -0.2) is 0 Å². The molecule has 112 valence electrons. The van der Waals surface area contributed by atoms with E-state index in [1.54, 1.807) is 25.1 Å². The lowest BCUT2D eigenvalue weighted by Crippen LogP contribution is -2.37. The van der Waals surface area contributed by atoms with Crippen LogP contribution in [0.15, 0.2) is 18.2 Å². The number of carbonyl (C=O) groups excluding carboxylic acids is 1. The van der Waals surface area contributed by atoms with E-state index in [0.717, 1.165) is 19.3 Å². The number of aliphatic hydroxyl groups excluding tert-OH is 1. The van der Waals surface area contributed by atoms with Crippen LogP contribution in [0.2, 0.25) is 5.02 Å². The van der Waals surface area contributed by atoms with E-state index in [4.69, 9.17) is 16.3 Å². The summed E-state index contributed by atoms with van der Waals surface area (Å²) in [7, 11) is 0. The Morgan fingerprint density at radius 3 is 2.85 bits per heavy atom. The van der Waals surface area contributed by atoms with E-state index < -0.39 is 6.10 Å². The fourth-order valence-electron chi connectivity index (χ4n) is 1.76. The number of hydrogen-bond donors (Lipinski definition) is 2. The van der Waals surface area contributed by atoms with Crippen molar-refractivity contribution in [2.45, 2.75) is 45.8 Å². The number of nitrogens with one attached hydrogen (secondary N) is 1. The lowest BCUT2D eigenvalue weighted by Gasteiger charge is -2.16. The lowest BCUT2D eigenvalue weighted by atomic mass is 10.2. The van der Waals surface area contributed by atoms with Crippen LogP contribution in [-0.4, -0.2) is 23.7 Å². The fraction of sp³-hybridized carbons (Fsp3) is 0.533. The summed E-state index contributed by atoms with van der Waals surface area (Å²) in [6.45, 7) is 4.28. The summed E-state index contributed by atoms with van der Waals surface area (Å²) in [5.74, 6) is 0.327. The SMILES string of the molecule is CCCCCNC(=O)C(C)Oc1ccc(Cl)cc1CO. The van der Waals surface area contributed by atoms with Gasteiger partial charge in [-0.05, 0) is 31.5 Å². The van der Waals surface area contributed by atoms with Gasteiger partial charge in [0.25, 0.3) is 5.91 Å². The first-order valence-corrected chi connectivity index (χ1v) is 7.30. The van der Waals surface area contributed by atoms with E-state index in [-0.39, 0.29) is 12.5 Å². The van der Waals surface area contributed by atoms with Gasteiger partial charge in [-0.1, -0.05) is 31.4 Å². The van der Waals surface area contributed by atoms with E-state index in [9.17, 15) is 9.90 Å². The molecule has 1 aromatic rings. The zero-order valence-electron chi connectivity index (χ0n) is 12.0. The van der Waals surface area contributed by atoms with Gasteiger partial charge < -0.3 is 15.2 Å². The average molecular weight is 300 g/mol. The van der Waals surface area contributed by atoms with Gasteiger partial charge >= 0.3 is 0 Å². The number of carbonyl (C=O) groups is 1. The zero-order valence-corrected chi connectivity index (χ0v) is 12.7. The van der Waals surface area contributed by atoms with Crippen molar-refractivity contribution in [3.63, 3.8) is 0 Å². The first kappa shape index (κ1) is 16.8. The van der Waals surface area contributed by atoms with Crippen molar-refractivity contribution in [2.75, 3.05) is 6.54 Å². The number of benzene rings is 1. The maximum atomic E-state index is 11.9. The molecule has 4 nitrogen and oxygen atoms in total. The van der Waals surface area contributed by atoms with Crippen molar-refractivity contribution in [2.24, 2.45) is 0 Å². The molecule has 1 amide bonds. The second-order valence-electron chi connectivity index (χ2n) is 4.67. The molecule has 0 bridgehead atoms. The molecule has 2 N–H and O–H groups in total. The van der Waals surface area contributed by atoms with E-state index in [2.05, 4.69) is 12.2 Å². The topological polar surface area (TPSA) is 58.6 Å².